The molecule has 0 atom stereocenters. The Morgan fingerprint density at radius 1 is 1.53 bits per heavy atom. The molecule has 0 radical (unpaired) electrons. The molecule has 4 heteroatoms. The van der Waals surface area contributed by atoms with Crippen molar-refractivity contribution in [1.82, 2.24) is 4.90 Å². The van der Waals surface area contributed by atoms with Gasteiger partial charge in [-0.1, -0.05) is 0 Å². The summed E-state index contributed by atoms with van der Waals surface area (Å²) < 4.78 is 5.40. The molecular weight excluding hydrogens is 216 g/mol. The summed E-state index contributed by atoms with van der Waals surface area (Å²) in [5.74, 6) is 1.24. The molecular formula is C13H20N2O2. The van der Waals surface area contributed by atoms with Crippen molar-refractivity contribution in [2.45, 2.75) is 38.6 Å². The van der Waals surface area contributed by atoms with Gasteiger partial charge in [-0.15, -0.1) is 0 Å². The zero-order valence-corrected chi connectivity index (χ0v) is 10.3. The average molecular weight is 236 g/mol. The lowest BCUT2D eigenvalue weighted by atomic mass is 9.91. The molecule has 0 aliphatic heterocycles. The van der Waals surface area contributed by atoms with E-state index in [0.717, 1.165) is 31.6 Å². The van der Waals surface area contributed by atoms with Crippen LogP contribution in [0, 0.1) is 6.92 Å². The highest BCUT2D eigenvalue weighted by atomic mass is 16.3. The van der Waals surface area contributed by atoms with Crippen molar-refractivity contribution >= 4 is 5.91 Å². The second kappa shape index (κ2) is 5.36. The fourth-order valence-corrected chi connectivity index (χ4v) is 2.10. The van der Waals surface area contributed by atoms with E-state index in [-0.39, 0.29) is 5.91 Å². The van der Waals surface area contributed by atoms with Gasteiger partial charge in [0.2, 0.25) is 0 Å². The van der Waals surface area contributed by atoms with E-state index in [4.69, 9.17) is 10.2 Å². The van der Waals surface area contributed by atoms with Crippen molar-refractivity contribution < 1.29 is 9.21 Å². The molecule has 1 aliphatic rings. The first-order valence-corrected chi connectivity index (χ1v) is 6.30. The van der Waals surface area contributed by atoms with Crippen LogP contribution in [0.1, 0.15) is 42.0 Å². The summed E-state index contributed by atoms with van der Waals surface area (Å²) in [5.41, 5.74) is 5.52. The molecule has 1 saturated carbocycles. The molecule has 0 aromatic carbocycles. The molecule has 1 aromatic rings. The number of hydrogen-bond donors (Lipinski definition) is 1. The normalized spacial score (nSPS) is 15.6. The number of hydrogen-bond acceptors (Lipinski definition) is 3. The van der Waals surface area contributed by atoms with Crippen molar-refractivity contribution in [3.05, 3.63) is 23.7 Å². The fourth-order valence-electron chi connectivity index (χ4n) is 2.10. The third-order valence-corrected chi connectivity index (χ3v) is 3.33. The van der Waals surface area contributed by atoms with Gasteiger partial charge in [0.25, 0.3) is 5.91 Å². The predicted molar refractivity (Wildman–Crippen MR) is 65.8 cm³/mol. The molecule has 94 valence electrons. The molecule has 1 fully saturated rings. The first kappa shape index (κ1) is 12.2. The molecule has 17 heavy (non-hydrogen) atoms. The van der Waals surface area contributed by atoms with E-state index < -0.39 is 0 Å². The molecule has 0 unspecified atom stereocenters. The van der Waals surface area contributed by atoms with E-state index >= 15 is 0 Å². The van der Waals surface area contributed by atoms with Gasteiger partial charge >= 0.3 is 0 Å². The minimum Gasteiger partial charge on any atom is -0.456 e. The second-order valence-electron chi connectivity index (χ2n) is 4.64. The lowest BCUT2D eigenvalue weighted by molar-refractivity contribution is 0.0545. The average Bonchev–Trinajstić information content (AvgIpc) is 2.67. The minimum absolute atomic E-state index is 0.0104. The van der Waals surface area contributed by atoms with Gasteiger partial charge in [-0.05, 0) is 51.3 Å². The Morgan fingerprint density at radius 3 is 2.76 bits per heavy atom. The van der Waals surface area contributed by atoms with Gasteiger partial charge in [0.1, 0.15) is 5.76 Å². The molecule has 1 aromatic heterocycles. The van der Waals surface area contributed by atoms with Crippen LogP contribution in [0.5, 0.6) is 0 Å². The summed E-state index contributed by atoms with van der Waals surface area (Å²) in [6, 6.07) is 3.97. The summed E-state index contributed by atoms with van der Waals surface area (Å²) >= 11 is 0. The van der Waals surface area contributed by atoms with Crippen molar-refractivity contribution in [3.8, 4) is 0 Å². The maximum atomic E-state index is 12.3. The van der Waals surface area contributed by atoms with Crippen LogP contribution in [-0.4, -0.2) is 29.9 Å². The molecule has 0 saturated heterocycles. The van der Waals surface area contributed by atoms with E-state index in [1.165, 1.54) is 6.42 Å². The first-order chi connectivity index (χ1) is 8.22. The zero-order chi connectivity index (χ0) is 12.3. The predicted octanol–water partition coefficient (Wildman–Crippen LogP) is 1.93. The van der Waals surface area contributed by atoms with E-state index in [1.807, 2.05) is 17.9 Å². The maximum absolute atomic E-state index is 12.3. The molecule has 0 bridgehead atoms. The van der Waals surface area contributed by atoms with Gasteiger partial charge < -0.3 is 15.1 Å². The van der Waals surface area contributed by atoms with E-state index in [0.29, 0.717) is 18.3 Å². The van der Waals surface area contributed by atoms with Gasteiger partial charge in [0.15, 0.2) is 5.76 Å². The lowest BCUT2D eigenvalue weighted by Gasteiger charge is -2.37. The summed E-state index contributed by atoms with van der Waals surface area (Å²) in [4.78, 5) is 14.2. The number of carbonyl (C=O) groups excluding carboxylic acids is 1. The third-order valence-electron chi connectivity index (χ3n) is 3.33. The molecule has 1 aliphatic carbocycles. The van der Waals surface area contributed by atoms with Crippen LogP contribution < -0.4 is 5.73 Å². The number of carbonyl (C=O) groups is 1. The van der Waals surface area contributed by atoms with Gasteiger partial charge in [0, 0.05) is 12.6 Å². The van der Waals surface area contributed by atoms with E-state index in [9.17, 15) is 4.79 Å². The Hall–Kier alpha value is -1.29. The van der Waals surface area contributed by atoms with Crippen LogP contribution in [-0.2, 0) is 0 Å². The van der Waals surface area contributed by atoms with Crippen LogP contribution >= 0.6 is 0 Å². The Labute approximate surface area is 102 Å². The lowest BCUT2D eigenvalue weighted by Crippen LogP contribution is -2.45. The van der Waals surface area contributed by atoms with Crippen LogP contribution in [0.4, 0.5) is 0 Å². The minimum atomic E-state index is 0.0104. The topological polar surface area (TPSA) is 59.5 Å². The SMILES string of the molecule is Cc1ccc(C(=O)N(CCCN)C2CCC2)o1. The summed E-state index contributed by atoms with van der Waals surface area (Å²) in [5, 5.41) is 0. The van der Waals surface area contributed by atoms with Crippen LogP contribution in [0.15, 0.2) is 16.5 Å². The first-order valence-electron chi connectivity index (χ1n) is 6.30. The molecule has 2 rings (SSSR count). The third kappa shape index (κ3) is 2.69. The Kier molecular flexibility index (Phi) is 3.84. The quantitative estimate of drug-likeness (QED) is 0.849. The number of aryl methyl sites for hydroxylation is 1. The highest BCUT2D eigenvalue weighted by Gasteiger charge is 2.30. The standard InChI is InChI=1S/C13H20N2O2/c1-10-6-7-12(17-10)13(16)15(9-3-8-14)11-4-2-5-11/h6-7,11H,2-5,8-9,14H2,1H3. The second-order valence-corrected chi connectivity index (χ2v) is 4.64. The van der Waals surface area contributed by atoms with Gasteiger partial charge in [-0.3, -0.25) is 4.79 Å². The Balaban J connectivity index is 2.06. The number of nitrogens with two attached hydrogens (primary N) is 1. The van der Waals surface area contributed by atoms with E-state index in [1.54, 1.807) is 6.07 Å². The highest BCUT2D eigenvalue weighted by molar-refractivity contribution is 5.91. The molecule has 2 N–H and O–H groups in total. The van der Waals surface area contributed by atoms with Crippen LogP contribution in [0.25, 0.3) is 0 Å². The number of nitrogens with zero attached hydrogens (tertiary/aromatic N) is 1. The monoisotopic (exact) mass is 236 g/mol. The summed E-state index contributed by atoms with van der Waals surface area (Å²) in [7, 11) is 0. The van der Waals surface area contributed by atoms with Gasteiger partial charge in [0.05, 0.1) is 0 Å². The van der Waals surface area contributed by atoms with Gasteiger partial charge in [-0.2, -0.15) is 0 Å². The largest absolute Gasteiger partial charge is 0.456 e. The highest BCUT2D eigenvalue weighted by Crippen LogP contribution is 2.26. The van der Waals surface area contributed by atoms with Crippen molar-refractivity contribution in [2.75, 3.05) is 13.1 Å². The van der Waals surface area contributed by atoms with Crippen molar-refractivity contribution in [3.63, 3.8) is 0 Å². The smallest absolute Gasteiger partial charge is 0.289 e. The van der Waals surface area contributed by atoms with Crippen molar-refractivity contribution in [1.29, 1.82) is 0 Å². The zero-order valence-electron chi connectivity index (χ0n) is 10.3. The summed E-state index contributed by atoms with van der Waals surface area (Å²) in [6.45, 7) is 3.21. The number of furan rings is 1. The van der Waals surface area contributed by atoms with Crippen LogP contribution in [0.2, 0.25) is 0 Å². The maximum Gasteiger partial charge on any atom is 0.289 e. The number of amides is 1. The van der Waals surface area contributed by atoms with Gasteiger partial charge in [-0.25, -0.2) is 0 Å². The molecule has 1 amide bonds. The fraction of sp³-hybridized carbons (Fsp3) is 0.615. The van der Waals surface area contributed by atoms with Crippen molar-refractivity contribution in [2.24, 2.45) is 5.73 Å². The Bertz CT molecular complexity index is 383. The number of rotatable bonds is 5. The molecule has 0 spiro atoms. The Morgan fingerprint density at radius 2 is 2.29 bits per heavy atom. The van der Waals surface area contributed by atoms with Crippen LogP contribution in [0.3, 0.4) is 0 Å². The van der Waals surface area contributed by atoms with E-state index in [2.05, 4.69) is 0 Å². The summed E-state index contributed by atoms with van der Waals surface area (Å²) in [6.07, 6.45) is 4.28. The molecule has 4 nitrogen and oxygen atoms in total. The molecule has 1 heterocycles.